The lowest BCUT2D eigenvalue weighted by Crippen LogP contribution is -2.41. The fourth-order valence-corrected chi connectivity index (χ4v) is 1.09. The number of carboxylic acid groups (broad SMARTS) is 2. The van der Waals surface area contributed by atoms with Crippen molar-refractivity contribution >= 4 is 18.2 Å². The number of rotatable bonds is 2. The first-order chi connectivity index (χ1) is 6.43. The van der Waals surface area contributed by atoms with Gasteiger partial charge in [-0.2, -0.15) is 0 Å². The van der Waals surface area contributed by atoms with Gasteiger partial charge in [0.2, 0.25) is 5.91 Å². The van der Waals surface area contributed by atoms with Gasteiger partial charge in [0.1, 0.15) is 6.42 Å². The van der Waals surface area contributed by atoms with E-state index in [1.165, 1.54) is 0 Å². The van der Waals surface area contributed by atoms with Crippen LogP contribution in [-0.2, 0) is 14.3 Å². The van der Waals surface area contributed by atoms with Gasteiger partial charge in [0.05, 0.1) is 6.54 Å². The third-order valence-electron chi connectivity index (χ3n) is 1.53. The number of carbonyl (C=O) groups excluding carboxylic acids is 1. The molecule has 0 radical (unpaired) electrons. The van der Waals surface area contributed by atoms with Gasteiger partial charge in [-0.1, -0.05) is 0 Å². The van der Waals surface area contributed by atoms with Crippen molar-refractivity contribution in [1.82, 2.24) is 5.32 Å². The predicted molar refractivity (Wildman–Crippen MR) is 38.6 cm³/mol. The van der Waals surface area contributed by atoms with E-state index in [2.05, 4.69) is 14.8 Å². The zero-order chi connectivity index (χ0) is 10.8. The topological polar surface area (TPSA) is 122 Å². The number of amides is 1. The summed E-state index contributed by atoms with van der Waals surface area (Å²) in [6, 6.07) is 0. The normalized spacial score (nSPS) is 18.4. The summed E-state index contributed by atoms with van der Waals surface area (Å²) < 4.78 is 8.42. The second-order valence-corrected chi connectivity index (χ2v) is 2.60. The molecule has 1 rings (SSSR count). The number of hydrogen-bond donors (Lipinski definition) is 3. The first-order valence-electron chi connectivity index (χ1n) is 3.54. The minimum absolute atomic E-state index is 0.315. The molecule has 0 aromatic heterocycles. The van der Waals surface area contributed by atoms with Crippen molar-refractivity contribution in [1.29, 1.82) is 0 Å². The fourth-order valence-electron chi connectivity index (χ4n) is 1.09. The molecule has 0 aromatic rings. The molecule has 1 saturated heterocycles. The molecule has 1 fully saturated rings. The molecule has 14 heavy (non-hydrogen) atoms. The molecule has 1 aliphatic heterocycles. The first kappa shape index (κ1) is 10.1. The van der Waals surface area contributed by atoms with Crippen molar-refractivity contribution in [3.8, 4) is 0 Å². The zero-order valence-corrected chi connectivity index (χ0v) is 6.85. The maximum Gasteiger partial charge on any atom is 0.509 e. The van der Waals surface area contributed by atoms with Gasteiger partial charge in [-0.05, 0) is 0 Å². The van der Waals surface area contributed by atoms with Crippen molar-refractivity contribution in [2.24, 2.45) is 0 Å². The highest BCUT2D eigenvalue weighted by Crippen LogP contribution is 2.22. The van der Waals surface area contributed by atoms with E-state index in [-0.39, 0.29) is 6.54 Å². The second-order valence-electron chi connectivity index (χ2n) is 2.60. The van der Waals surface area contributed by atoms with Crippen molar-refractivity contribution in [3.05, 3.63) is 0 Å². The van der Waals surface area contributed by atoms with E-state index < -0.39 is 30.4 Å². The summed E-state index contributed by atoms with van der Waals surface area (Å²) in [6.45, 7) is -0.315. The van der Waals surface area contributed by atoms with E-state index in [9.17, 15) is 14.4 Å². The van der Waals surface area contributed by atoms with Gasteiger partial charge in [-0.15, -0.1) is 0 Å². The highest BCUT2D eigenvalue weighted by Gasteiger charge is 2.46. The lowest BCUT2D eigenvalue weighted by atomic mass is 10.2. The van der Waals surface area contributed by atoms with E-state index in [0.29, 0.717) is 0 Å². The van der Waals surface area contributed by atoms with Crippen LogP contribution in [0.3, 0.4) is 0 Å². The molecular formula is C6H7NO7. The molecule has 1 aliphatic rings. The molecule has 0 aliphatic carbocycles. The van der Waals surface area contributed by atoms with Gasteiger partial charge < -0.3 is 25.0 Å². The van der Waals surface area contributed by atoms with Gasteiger partial charge in [-0.3, -0.25) is 4.79 Å². The fraction of sp³-hybridized carbons (Fsp3) is 0.500. The van der Waals surface area contributed by atoms with Gasteiger partial charge in [0, 0.05) is 0 Å². The van der Waals surface area contributed by atoms with Crippen molar-refractivity contribution in [3.63, 3.8) is 0 Å². The van der Waals surface area contributed by atoms with E-state index in [1.54, 1.807) is 0 Å². The van der Waals surface area contributed by atoms with Gasteiger partial charge in [-0.25, -0.2) is 9.59 Å². The van der Waals surface area contributed by atoms with Crippen LogP contribution in [0.25, 0.3) is 0 Å². The average molecular weight is 205 g/mol. The highest BCUT2D eigenvalue weighted by molar-refractivity contribution is 5.80. The van der Waals surface area contributed by atoms with Gasteiger partial charge >= 0.3 is 12.3 Å². The molecule has 78 valence electrons. The van der Waals surface area contributed by atoms with Crippen LogP contribution in [0, 0.1) is 0 Å². The average Bonchev–Trinajstić information content (AvgIpc) is 2.28. The molecular weight excluding hydrogens is 198 g/mol. The molecule has 0 saturated carbocycles. The molecule has 0 bridgehead atoms. The minimum atomic E-state index is -1.95. The summed E-state index contributed by atoms with van der Waals surface area (Å²) in [5.74, 6) is -2.48. The SMILES string of the molecule is O=C1CC(OC(=O)O)(OC(=O)O)CN1. The van der Waals surface area contributed by atoms with Crippen LogP contribution in [-0.4, -0.2) is 40.8 Å². The molecule has 0 unspecified atom stereocenters. The molecule has 1 amide bonds. The Morgan fingerprint density at radius 1 is 1.29 bits per heavy atom. The molecule has 0 aromatic carbocycles. The Balaban J connectivity index is 2.74. The summed E-state index contributed by atoms with van der Waals surface area (Å²) in [6.07, 6.45) is -3.88. The molecule has 0 atom stereocenters. The molecule has 3 N–H and O–H groups in total. The third kappa shape index (κ3) is 2.25. The van der Waals surface area contributed by atoms with Crippen LogP contribution in [0.5, 0.6) is 0 Å². The summed E-state index contributed by atoms with van der Waals surface area (Å²) in [5.41, 5.74) is 0. The minimum Gasteiger partial charge on any atom is -0.450 e. The first-order valence-corrected chi connectivity index (χ1v) is 3.54. The Morgan fingerprint density at radius 2 is 1.79 bits per heavy atom. The monoisotopic (exact) mass is 205 g/mol. The lowest BCUT2D eigenvalue weighted by molar-refractivity contribution is -0.169. The molecule has 8 nitrogen and oxygen atoms in total. The van der Waals surface area contributed by atoms with Crippen LogP contribution >= 0.6 is 0 Å². The van der Waals surface area contributed by atoms with E-state index >= 15 is 0 Å². The number of nitrogens with one attached hydrogen (secondary N) is 1. The predicted octanol–water partition coefficient (Wildman–Crippen LogP) is -0.408. The largest absolute Gasteiger partial charge is 0.509 e. The van der Waals surface area contributed by atoms with Crippen molar-refractivity contribution < 1.29 is 34.1 Å². The van der Waals surface area contributed by atoms with Gasteiger partial charge in [0.15, 0.2) is 0 Å². The van der Waals surface area contributed by atoms with Crippen LogP contribution in [0.1, 0.15) is 6.42 Å². The van der Waals surface area contributed by atoms with Crippen LogP contribution in [0.2, 0.25) is 0 Å². The Hall–Kier alpha value is -1.99. The molecule has 8 heteroatoms. The maximum absolute atomic E-state index is 10.8. The van der Waals surface area contributed by atoms with Gasteiger partial charge in [0.25, 0.3) is 5.79 Å². The molecule has 1 heterocycles. The Bertz CT molecular complexity index is 270. The van der Waals surface area contributed by atoms with Crippen LogP contribution in [0.4, 0.5) is 9.59 Å². The van der Waals surface area contributed by atoms with Crippen molar-refractivity contribution in [2.75, 3.05) is 6.54 Å². The summed E-state index contributed by atoms with van der Waals surface area (Å²) in [4.78, 5) is 31.2. The number of ether oxygens (including phenoxy) is 2. The maximum atomic E-state index is 10.8. The Kier molecular flexibility index (Phi) is 2.45. The van der Waals surface area contributed by atoms with E-state index in [4.69, 9.17) is 10.2 Å². The quantitative estimate of drug-likeness (QED) is 0.413. The standard InChI is InChI=1S/C6H7NO7/c8-3-1-6(2-7-3,13-4(9)10)14-5(11)12/h1-2H2,(H,7,8)(H,9,10)(H,11,12). The summed E-state index contributed by atoms with van der Waals surface area (Å²) in [5, 5.41) is 18.8. The van der Waals surface area contributed by atoms with Crippen LogP contribution in [0.15, 0.2) is 0 Å². The lowest BCUT2D eigenvalue weighted by Gasteiger charge is -2.23. The van der Waals surface area contributed by atoms with Crippen molar-refractivity contribution in [2.45, 2.75) is 12.2 Å². The van der Waals surface area contributed by atoms with Crippen LogP contribution < -0.4 is 5.32 Å². The zero-order valence-electron chi connectivity index (χ0n) is 6.85. The Labute approximate surface area is 77.4 Å². The highest BCUT2D eigenvalue weighted by atomic mass is 16.8. The molecule has 0 spiro atoms. The Morgan fingerprint density at radius 3 is 2.07 bits per heavy atom. The summed E-state index contributed by atoms with van der Waals surface area (Å²) in [7, 11) is 0. The van der Waals surface area contributed by atoms with E-state index in [0.717, 1.165) is 0 Å². The number of carbonyl (C=O) groups is 3. The number of hydrogen-bond acceptors (Lipinski definition) is 5. The smallest absolute Gasteiger partial charge is 0.450 e. The third-order valence-corrected chi connectivity index (χ3v) is 1.53. The second kappa shape index (κ2) is 3.40. The summed E-state index contributed by atoms with van der Waals surface area (Å²) >= 11 is 0. The van der Waals surface area contributed by atoms with E-state index in [1.807, 2.05) is 0 Å².